The Hall–Kier alpha value is -3.10. The number of carbonyl (C=O) groups excluding carboxylic acids is 2. The molecular weight excluding hydrogens is 396 g/mol. The van der Waals surface area contributed by atoms with Crippen LogP contribution in [0.5, 0.6) is 0 Å². The zero-order valence-corrected chi connectivity index (χ0v) is 19.1. The number of alkyl carbamates (subject to hydrolysis) is 1. The molecule has 2 aromatic heterocycles. The van der Waals surface area contributed by atoms with Crippen LogP contribution < -0.4 is 16.0 Å². The second kappa shape index (κ2) is 8.95. The summed E-state index contributed by atoms with van der Waals surface area (Å²) in [7, 11) is 1.83. The van der Waals surface area contributed by atoms with Crippen molar-refractivity contribution >= 4 is 23.6 Å². The Bertz CT molecular complexity index is 937. The fourth-order valence-corrected chi connectivity index (χ4v) is 3.41. The molecule has 9 nitrogen and oxygen atoms in total. The van der Waals surface area contributed by atoms with Gasteiger partial charge in [0.2, 0.25) is 0 Å². The molecule has 2 heterocycles. The van der Waals surface area contributed by atoms with E-state index < -0.39 is 11.7 Å². The summed E-state index contributed by atoms with van der Waals surface area (Å²) in [6.45, 7) is 9.91. The third-order valence-corrected chi connectivity index (χ3v) is 5.14. The average molecular weight is 429 g/mol. The number of hydrogen-bond acceptors (Lipinski definition) is 6. The van der Waals surface area contributed by atoms with Gasteiger partial charge in [-0.3, -0.25) is 9.48 Å². The predicted molar refractivity (Wildman–Crippen MR) is 119 cm³/mol. The molecule has 0 unspecified atom stereocenters. The van der Waals surface area contributed by atoms with Gasteiger partial charge in [-0.1, -0.05) is 0 Å². The van der Waals surface area contributed by atoms with Gasteiger partial charge in [0.1, 0.15) is 11.4 Å². The number of pyridine rings is 1. The first-order chi connectivity index (χ1) is 14.5. The first kappa shape index (κ1) is 22.6. The van der Waals surface area contributed by atoms with Crippen molar-refractivity contribution in [2.75, 3.05) is 17.2 Å². The van der Waals surface area contributed by atoms with E-state index in [1.165, 1.54) is 0 Å². The van der Waals surface area contributed by atoms with Crippen LogP contribution in [0.1, 0.15) is 55.4 Å². The van der Waals surface area contributed by atoms with Crippen LogP contribution in [0.15, 0.2) is 18.2 Å². The number of amides is 2. The third kappa shape index (κ3) is 6.19. The Morgan fingerprint density at radius 3 is 2.55 bits per heavy atom. The van der Waals surface area contributed by atoms with Gasteiger partial charge in [-0.15, -0.1) is 0 Å². The number of anilines is 2. The molecule has 1 aliphatic rings. The van der Waals surface area contributed by atoms with Gasteiger partial charge in [0.15, 0.2) is 5.82 Å². The highest BCUT2D eigenvalue weighted by atomic mass is 16.6. The third-order valence-electron chi connectivity index (χ3n) is 5.14. The summed E-state index contributed by atoms with van der Waals surface area (Å²) in [4.78, 5) is 29.1. The van der Waals surface area contributed by atoms with Gasteiger partial charge < -0.3 is 20.7 Å². The Balaban J connectivity index is 1.55. The molecule has 0 aliphatic heterocycles. The van der Waals surface area contributed by atoms with Crippen LogP contribution >= 0.6 is 0 Å². The minimum Gasteiger partial charge on any atom is -0.444 e. The standard InChI is InChI=1S/C22H32N6O3/c1-13-7-8-17(20(29)26-18-9-14(2)28(6)27-18)19(24-13)25-16-10-15(11-16)12-23-21(30)31-22(3,4)5/h7-9,15-16H,10-12H2,1-6H3,(H,23,30)(H,24,25)(H,26,27,29). The Morgan fingerprint density at radius 2 is 1.94 bits per heavy atom. The minimum absolute atomic E-state index is 0.198. The molecule has 2 aromatic rings. The fourth-order valence-electron chi connectivity index (χ4n) is 3.41. The number of ether oxygens (including phenoxy) is 1. The number of carbonyl (C=O) groups is 2. The van der Waals surface area contributed by atoms with E-state index in [4.69, 9.17) is 4.74 Å². The molecule has 0 radical (unpaired) electrons. The van der Waals surface area contributed by atoms with Gasteiger partial charge in [-0.25, -0.2) is 9.78 Å². The largest absolute Gasteiger partial charge is 0.444 e. The van der Waals surface area contributed by atoms with Gasteiger partial charge in [0.05, 0.1) is 5.56 Å². The molecule has 3 N–H and O–H groups in total. The molecule has 0 aromatic carbocycles. The average Bonchev–Trinajstić information content (AvgIpc) is 2.92. The fraction of sp³-hybridized carbons (Fsp3) is 0.545. The van der Waals surface area contributed by atoms with Crippen molar-refractivity contribution in [3.8, 4) is 0 Å². The maximum atomic E-state index is 12.8. The molecule has 168 valence electrons. The summed E-state index contributed by atoms with van der Waals surface area (Å²) >= 11 is 0. The molecule has 1 saturated carbocycles. The highest BCUT2D eigenvalue weighted by molar-refractivity contribution is 6.07. The van der Waals surface area contributed by atoms with Crippen molar-refractivity contribution < 1.29 is 14.3 Å². The molecule has 0 saturated heterocycles. The molecule has 1 fully saturated rings. The molecule has 0 atom stereocenters. The summed E-state index contributed by atoms with van der Waals surface area (Å²) < 4.78 is 6.98. The summed E-state index contributed by atoms with van der Waals surface area (Å²) in [5, 5.41) is 13.3. The van der Waals surface area contributed by atoms with Crippen molar-refractivity contribution in [3.05, 3.63) is 35.2 Å². The highest BCUT2D eigenvalue weighted by Gasteiger charge is 2.31. The molecule has 0 spiro atoms. The summed E-state index contributed by atoms with van der Waals surface area (Å²) in [5.41, 5.74) is 1.76. The zero-order chi connectivity index (χ0) is 22.8. The first-order valence-electron chi connectivity index (χ1n) is 10.5. The van der Waals surface area contributed by atoms with E-state index in [1.807, 2.05) is 53.8 Å². The van der Waals surface area contributed by atoms with Crippen molar-refractivity contribution in [1.29, 1.82) is 0 Å². The predicted octanol–water partition coefficient (Wildman–Crippen LogP) is 3.40. The first-order valence-corrected chi connectivity index (χ1v) is 10.5. The van der Waals surface area contributed by atoms with Gasteiger partial charge in [0.25, 0.3) is 5.91 Å². The highest BCUT2D eigenvalue weighted by Crippen LogP contribution is 2.30. The van der Waals surface area contributed by atoms with Gasteiger partial charge in [-0.05, 0) is 65.5 Å². The monoisotopic (exact) mass is 428 g/mol. The topological polar surface area (TPSA) is 110 Å². The van der Waals surface area contributed by atoms with Gasteiger partial charge in [0, 0.05) is 37.1 Å². The number of nitrogens with one attached hydrogen (secondary N) is 3. The second-order valence-corrected chi connectivity index (χ2v) is 9.16. The lowest BCUT2D eigenvalue weighted by molar-refractivity contribution is 0.0508. The Morgan fingerprint density at radius 1 is 1.23 bits per heavy atom. The lowest BCUT2D eigenvalue weighted by Crippen LogP contribution is -2.43. The maximum absolute atomic E-state index is 12.8. The molecule has 9 heteroatoms. The minimum atomic E-state index is -0.504. The number of nitrogens with zero attached hydrogens (tertiary/aromatic N) is 3. The molecular formula is C22H32N6O3. The number of rotatable bonds is 6. The summed E-state index contributed by atoms with van der Waals surface area (Å²) in [6.07, 6.45) is 1.37. The van der Waals surface area contributed by atoms with E-state index in [1.54, 1.807) is 10.7 Å². The second-order valence-electron chi connectivity index (χ2n) is 9.16. The van der Waals surface area contributed by atoms with E-state index in [2.05, 4.69) is 26.0 Å². The van der Waals surface area contributed by atoms with Gasteiger partial charge in [-0.2, -0.15) is 5.10 Å². The van der Waals surface area contributed by atoms with E-state index in [0.29, 0.717) is 29.7 Å². The van der Waals surface area contributed by atoms with Crippen LogP contribution in [0.2, 0.25) is 0 Å². The van der Waals surface area contributed by atoms with Crippen LogP contribution in [-0.4, -0.2) is 45.0 Å². The Kier molecular flexibility index (Phi) is 6.52. The van der Waals surface area contributed by atoms with E-state index in [9.17, 15) is 9.59 Å². The smallest absolute Gasteiger partial charge is 0.407 e. The van der Waals surface area contributed by atoms with Crippen LogP contribution in [0.4, 0.5) is 16.4 Å². The van der Waals surface area contributed by atoms with Crippen molar-refractivity contribution in [1.82, 2.24) is 20.1 Å². The summed E-state index contributed by atoms with van der Waals surface area (Å²) in [5.74, 6) is 1.18. The summed E-state index contributed by atoms with van der Waals surface area (Å²) in [6, 6.07) is 5.61. The van der Waals surface area contributed by atoms with E-state index in [-0.39, 0.29) is 11.9 Å². The lowest BCUT2D eigenvalue weighted by atomic mass is 9.80. The van der Waals surface area contributed by atoms with Crippen LogP contribution in [0, 0.1) is 19.8 Å². The molecule has 0 bridgehead atoms. The van der Waals surface area contributed by atoms with Crippen LogP contribution in [0.3, 0.4) is 0 Å². The molecule has 2 amide bonds. The van der Waals surface area contributed by atoms with E-state index in [0.717, 1.165) is 24.2 Å². The lowest BCUT2D eigenvalue weighted by Gasteiger charge is -2.36. The maximum Gasteiger partial charge on any atom is 0.407 e. The number of aromatic nitrogens is 3. The van der Waals surface area contributed by atoms with E-state index >= 15 is 0 Å². The molecule has 1 aliphatic carbocycles. The molecule has 3 rings (SSSR count). The van der Waals surface area contributed by atoms with Crippen molar-refractivity contribution in [3.63, 3.8) is 0 Å². The molecule has 31 heavy (non-hydrogen) atoms. The van der Waals surface area contributed by atoms with Crippen LogP contribution in [-0.2, 0) is 11.8 Å². The van der Waals surface area contributed by atoms with Crippen LogP contribution in [0.25, 0.3) is 0 Å². The Labute approximate surface area is 183 Å². The van der Waals surface area contributed by atoms with Crippen molar-refractivity contribution in [2.24, 2.45) is 13.0 Å². The SMILES string of the molecule is Cc1ccc(C(=O)Nc2cc(C)n(C)n2)c(NC2CC(CNC(=O)OC(C)(C)C)C2)n1. The normalized spacial score (nSPS) is 18.1. The zero-order valence-electron chi connectivity index (χ0n) is 19.1. The number of hydrogen-bond donors (Lipinski definition) is 3. The quantitative estimate of drug-likeness (QED) is 0.650. The number of aryl methyl sites for hydroxylation is 3. The van der Waals surface area contributed by atoms with Crippen molar-refractivity contribution in [2.45, 2.75) is 59.1 Å². The van der Waals surface area contributed by atoms with Gasteiger partial charge >= 0.3 is 6.09 Å².